The van der Waals surface area contributed by atoms with Crippen molar-refractivity contribution in [2.75, 3.05) is 26.7 Å². The van der Waals surface area contributed by atoms with Crippen molar-refractivity contribution in [1.29, 1.82) is 0 Å². The van der Waals surface area contributed by atoms with Crippen LogP contribution in [0, 0.1) is 10.1 Å². The van der Waals surface area contributed by atoms with Gasteiger partial charge in [0, 0.05) is 19.7 Å². The van der Waals surface area contributed by atoms with E-state index in [4.69, 9.17) is 4.74 Å². The number of ether oxygens (including phenoxy) is 1. The largest absolute Gasteiger partial charge is 0.454 e. The van der Waals surface area contributed by atoms with Crippen molar-refractivity contribution >= 4 is 29.4 Å². The summed E-state index contributed by atoms with van der Waals surface area (Å²) in [5.74, 6) is -3.12. The summed E-state index contributed by atoms with van der Waals surface area (Å²) in [6.07, 6.45) is 1.72. The van der Waals surface area contributed by atoms with Crippen LogP contribution in [0.15, 0.2) is 18.2 Å². The van der Waals surface area contributed by atoms with E-state index in [0.717, 1.165) is 18.9 Å². The normalized spacial score (nSPS) is 12.7. The Morgan fingerprint density at radius 1 is 1.26 bits per heavy atom. The standard InChI is InChI=1S/C17H19N3O7/c1-3-4-8-18(2)13(21)10-27-14(22)9-19-16(23)11-6-5-7-12(20(25)26)15(11)17(19)24/h5-7H,3-4,8-10H2,1-2H3. The monoisotopic (exact) mass is 377 g/mol. The molecular formula is C17H19N3O7. The summed E-state index contributed by atoms with van der Waals surface area (Å²) >= 11 is 0. The second kappa shape index (κ2) is 8.39. The third-order valence-electron chi connectivity index (χ3n) is 4.09. The molecule has 0 spiro atoms. The van der Waals surface area contributed by atoms with Crippen LogP contribution in [0.25, 0.3) is 0 Å². The van der Waals surface area contributed by atoms with E-state index in [2.05, 4.69) is 0 Å². The maximum atomic E-state index is 12.4. The van der Waals surface area contributed by atoms with Crippen LogP contribution in [0.3, 0.4) is 0 Å². The lowest BCUT2D eigenvalue weighted by Gasteiger charge is -2.17. The summed E-state index contributed by atoms with van der Waals surface area (Å²) < 4.78 is 4.83. The van der Waals surface area contributed by atoms with Gasteiger partial charge in [-0.1, -0.05) is 19.4 Å². The number of rotatable bonds is 8. The predicted molar refractivity (Wildman–Crippen MR) is 92.0 cm³/mol. The van der Waals surface area contributed by atoms with Gasteiger partial charge in [0.1, 0.15) is 12.1 Å². The average molecular weight is 377 g/mol. The number of carbonyl (C=O) groups is 4. The molecule has 0 fully saturated rings. The molecule has 10 heteroatoms. The van der Waals surface area contributed by atoms with Gasteiger partial charge in [0.2, 0.25) is 0 Å². The van der Waals surface area contributed by atoms with Crippen molar-refractivity contribution < 1.29 is 28.8 Å². The van der Waals surface area contributed by atoms with Crippen molar-refractivity contribution in [3.05, 3.63) is 39.4 Å². The molecule has 0 radical (unpaired) electrons. The molecule has 0 unspecified atom stereocenters. The molecule has 1 aliphatic rings. The average Bonchev–Trinajstić information content (AvgIpc) is 2.88. The maximum Gasteiger partial charge on any atom is 0.326 e. The highest BCUT2D eigenvalue weighted by Gasteiger charge is 2.41. The van der Waals surface area contributed by atoms with Crippen molar-refractivity contribution in [1.82, 2.24) is 9.80 Å². The minimum absolute atomic E-state index is 0.141. The van der Waals surface area contributed by atoms with E-state index < -0.39 is 47.5 Å². The number of amides is 3. The third-order valence-corrected chi connectivity index (χ3v) is 4.09. The summed E-state index contributed by atoms with van der Waals surface area (Å²) in [7, 11) is 1.58. The first-order valence-corrected chi connectivity index (χ1v) is 8.31. The van der Waals surface area contributed by atoms with Gasteiger partial charge in [-0.05, 0) is 12.5 Å². The van der Waals surface area contributed by atoms with Crippen LogP contribution in [0.2, 0.25) is 0 Å². The number of fused-ring (bicyclic) bond motifs is 1. The third kappa shape index (κ3) is 4.27. The summed E-state index contributed by atoms with van der Waals surface area (Å²) in [6.45, 7) is 1.26. The van der Waals surface area contributed by atoms with Crippen LogP contribution in [-0.2, 0) is 14.3 Å². The van der Waals surface area contributed by atoms with Crippen LogP contribution >= 0.6 is 0 Å². The maximum absolute atomic E-state index is 12.4. The van der Waals surface area contributed by atoms with Crippen molar-refractivity contribution in [3.63, 3.8) is 0 Å². The van der Waals surface area contributed by atoms with E-state index in [0.29, 0.717) is 11.4 Å². The van der Waals surface area contributed by atoms with Gasteiger partial charge in [0.15, 0.2) is 6.61 Å². The number of hydrogen-bond acceptors (Lipinski definition) is 7. The zero-order valence-electron chi connectivity index (χ0n) is 15.0. The lowest BCUT2D eigenvalue weighted by atomic mass is 10.1. The van der Waals surface area contributed by atoms with E-state index in [1.807, 2.05) is 6.92 Å². The molecule has 0 saturated heterocycles. The number of hydrogen-bond donors (Lipinski definition) is 0. The highest BCUT2D eigenvalue weighted by molar-refractivity contribution is 6.24. The fourth-order valence-electron chi connectivity index (χ4n) is 2.56. The van der Waals surface area contributed by atoms with E-state index in [1.54, 1.807) is 7.05 Å². The van der Waals surface area contributed by atoms with Gasteiger partial charge in [-0.25, -0.2) is 0 Å². The van der Waals surface area contributed by atoms with Crippen molar-refractivity contribution in [3.8, 4) is 0 Å². The summed E-state index contributed by atoms with van der Waals surface area (Å²) in [6, 6.07) is 3.67. The van der Waals surface area contributed by atoms with Gasteiger partial charge in [0.05, 0.1) is 10.5 Å². The molecule has 10 nitrogen and oxygen atoms in total. The Morgan fingerprint density at radius 3 is 2.59 bits per heavy atom. The summed E-state index contributed by atoms with van der Waals surface area (Å²) in [5, 5.41) is 11.0. The number of likely N-dealkylation sites (N-methyl/N-ethyl adjacent to an activating group) is 1. The highest BCUT2D eigenvalue weighted by atomic mass is 16.6. The first-order chi connectivity index (χ1) is 12.8. The van der Waals surface area contributed by atoms with Crippen LogP contribution in [0.4, 0.5) is 5.69 Å². The molecule has 1 aromatic carbocycles. The molecule has 3 amide bonds. The minimum Gasteiger partial charge on any atom is -0.454 e. The van der Waals surface area contributed by atoms with Crippen LogP contribution in [0.1, 0.15) is 40.5 Å². The Hall–Kier alpha value is -3.30. The molecule has 0 N–H and O–H groups in total. The van der Waals surface area contributed by atoms with Crippen molar-refractivity contribution in [2.24, 2.45) is 0 Å². The van der Waals surface area contributed by atoms with Crippen LogP contribution < -0.4 is 0 Å². The number of unbranched alkanes of at least 4 members (excludes halogenated alkanes) is 1. The fourth-order valence-corrected chi connectivity index (χ4v) is 2.56. The zero-order valence-corrected chi connectivity index (χ0v) is 15.0. The number of nitrogens with zero attached hydrogens (tertiary/aromatic N) is 3. The van der Waals surface area contributed by atoms with Gasteiger partial charge < -0.3 is 9.64 Å². The molecule has 0 atom stereocenters. The summed E-state index contributed by atoms with van der Waals surface area (Å²) in [4.78, 5) is 60.7. The molecular weight excluding hydrogens is 358 g/mol. The zero-order chi connectivity index (χ0) is 20.1. The number of imide groups is 1. The highest BCUT2D eigenvalue weighted by Crippen LogP contribution is 2.30. The van der Waals surface area contributed by atoms with Gasteiger partial charge in [-0.3, -0.25) is 34.2 Å². The van der Waals surface area contributed by atoms with Gasteiger partial charge in [0.25, 0.3) is 23.4 Å². The van der Waals surface area contributed by atoms with Gasteiger partial charge in [-0.2, -0.15) is 0 Å². The molecule has 0 saturated carbocycles. The molecule has 0 aliphatic carbocycles. The molecule has 144 valence electrons. The fraction of sp³-hybridized carbons (Fsp3) is 0.412. The second-order valence-corrected chi connectivity index (χ2v) is 5.98. The van der Waals surface area contributed by atoms with E-state index >= 15 is 0 Å². The SMILES string of the molecule is CCCCN(C)C(=O)COC(=O)CN1C(=O)c2cccc([N+](=O)[O-])c2C1=O. The van der Waals surface area contributed by atoms with Crippen LogP contribution in [0.5, 0.6) is 0 Å². The number of benzene rings is 1. The lowest BCUT2D eigenvalue weighted by Crippen LogP contribution is -2.37. The number of esters is 1. The number of nitro benzene ring substituents is 1. The molecule has 1 aromatic rings. The Kier molecular flexibility index (Phi) is 6.22. The first-order valence-electron chi connectivity index (χ1n) is 8.31. The van der Waals surface area contributed by atoms with E-state index in [9.17, 15) is 29.3 Å². The lowest BCUT2D eigenvalue weighted by molar-refractivity contribution is -0.385. The topological polar surface area (TPSA) is 127 Å². The second-order valence-electron chi connectivity index (χ2n) is 5.98. The van der Waals surface area contributed by atoms with E-state index in [1.165, 1.54) is 17.0 Å². The molecule has 1 heterocycles. The van der Waals surface area contributed by atoms with Gasteiger partial charge in [-0.15, -0.1) is 0 Å². The van der Waals surface area contributed by atoms with E-state index in [-0.39, 0.29) is 11.1 Å². The molecule has 0 aromatic heterocycles. The Balaban J connectivity index is 2.00. The molecule has 27 heavy (non-hydrogen) atoms. The molecule has 1 aliphatic heterocycles. The number of carbonyl (C=O) groups excluding carboxylic acids is 4. The van der Waals surface area contributed by atoms with Crippen LogP contribution in [-0.4, -0.2) is 65.2 Å². The van der Waals surface area contributed by atoms with Gasteiger partial charge >= 0.3 is 5.97 Å². The first kappa shape index (κ1) is 20.0. The minimum atomic E-state index is -0.954. The Bertz CT molecular complexity index is 806. The predicted octanol–water partition coefficient (Wildman–Crippen LogP) is 0.992. The summed E-state index contributed by atoms with van der Waals surface area (Å²) in [5.41, 5.74) is -0.998. The quantitative estimate of drug-likeness (QED) is 0.286. The van der Waals surface area contributed by atoms with Crippen molar-refractivity contribution in [2.45, 2.75) is 19.8 Å². The molecule has 0 bridgehead atoms. The molecule has 2 rings (SSSR count). The smallest absolute Gasteiger partial charge is 0.326 e. The number of nitro groups is 1. The Morgan fingerprint density at radius 2 is 1.96 bits per heavy atom. The Labute approximate surface area is 154 Å².